The highest BCUT2D eigenvalue weighted by atomic mass is 16.2. The zero-order valence-corrected chi connectivity index (χ0v) is 19.1. The topological polar surface area (TPSA) is 103 Å². The van der Waals surface area contributed by atoms with E-state index in [1.54, 1.807) is 6.20 Å². The number of hydrogen-bond acceptors (Lipinski definition) is 6. The van der Waals surface area contributed by atoms with Crippen LogP contribution < -0.4 is 27.2 Å². The number of urea groups is 1. The number of nitrogens with zero attached hydrogens (tertiary/aromatic N) is 3. The molecule has 1 fully saturated rings. The SMILES string of the molecule is Cc1ccccc1NC(=O)Nc1ccc(N(N)/C=C(\N)CCCN2CCN(C)CC2)cc1. The number of piperazine rings is 1. The Morgan fingerprint density at radius 2 is 1.75 bits per heavy atom. The van der Waals surface area contributed by atoms with Crippen molar-refractivity contribution in [2.75, 3.05) is 55.4 Å². The van der Waals surface area contributed by atoms with Crippen molar-refractivity contribution in [1.29, 1.82) is 0 Å². The highest BCUT2D eigenvalue weighted by Gasteiger charge is 2.13. The van der Waals surface area contributed by atoms with Gasteiger partial charge in [-0.15, -0.1) is 0 Å². The summed E-state index contributed by atoms with van der Waals surface area (Å²) in [5.74, 6) is 6.16. The molecule has 3 rings (SSSR count). The van der Waals surface area contributed by atoms with Gasteiger partial charge in [-0.25, -0.2) is 10.6 Å². The first-order chi connectivity index (χ1) is 15.4. The van der Waals surface area contributed by atoms with Gasteiger partial charge in [0.2, 0.25) is 0 Å². The lowest BCUT2D eigenvalue weighted by Gasteiger charge is -2.32. The summed E-state index contributed by atoms with van der Waals surface area (Å²) in [6, 6.07) is 14.7. The van der Waals surface area contributed by atoms with Crippen LogP contribution in [0.15, 0.2) is 60.4 Å². The Labute approximate surface area is 190 Å². The van der Waals surface area contributed by atoms with E-state index in [4.69, 9.17) is 11.6 Å². The number of likely N-dealkylation sites (N-methyl/N-ethyl adjacent to an activating group) is 1. The standard InChI is InChI=1S/C24H35N7O/c1-19-6-3-4-8-23(19)28-24(32)27-21-9-11-22(12-10-21)31(26)18-20(25)7-5-13-30-16-14-29(2)15-17-30/h3-4,6,8-12,18H,5,7,13-17,25-26H2,1-2H3,(H2,27,28,32)/b20-18-. The van der Waals surface area contributed by atoms with Crippen LogP contribution in [0.1, 0.15) is 18.4 Å². The van der Waals surface area contributed by atoms with Crippen LogP contribution in [-0.4, -0.2) is 55.6 Å². The van der Waals surface area contributed by atoms with Gasteiger partial charge in [0.05, 0.1) is 5.69 Å². The number of anilines is 3. The lowest BCUT2D eigenvalue weighted by atomic mass is 10.2. The number of para-hydroxylation sites is 1. The Kier molecular flexibility index (Phi) is 8.49. The maximum Gasteiger partial charge on any atom is 0.323 e. The minimum Gasteiger partial charge on any atom is -0.401 e. The largest absolute Gasteiger partial charge is 0.401 e. The molecule has 172 valence electrons. The predicted octanol–water partition coefficient (Wildman–Crippen LogP) is 3.15. The Hall–Kier alpha value is -3.07. The minimum absolute atomic E-state index is 0.291. The van der Waals surface area contributed by atoms with Crippen LogP contribution >= 0.6 is 0 Å². The smallest absolute Gasteiger partial charge is 0.323 e. The van der Waals surface area contributed by atoms with Crippen LogP contribution in [0.2, 0.25) is 0 Å². The van der Waals surface area contributed by atoms with Gasteiger partial charge in [0.15, 0.2) is 0 Å². The third kappa shape index (κ3) is 7.26. The summed E-state index contributed by atoms with van der Waals surface area (Å²) in [6.07, 6.45) is 3.58. The van der Waals surface area contributed by atoms with Gasteiger partial charge in [0, 0.05) is 49.5 Å². The summed E-state index contributed by atoms with van der Waals surface area (Å²) in [4.78, 5) is 17.1. The molecule has 0 radical (unpaired) electrons. The number of nitrogens with two attached hydrogens (primary N) is 2. The van der Waals surface area contributed by atoms with E-state index in [9.17, 15) is 4.79 Å². The first kappa shape index (κ1) is 23.6. The predicted molar refractivity (Wildman–Crippen MR) is 132 cm³/mol. The molecule has 1 heterocycles. The van der Waals surface area contributed by atoms with Gasteiger partial charge in [-0.3, -0.25) is 5.01 Å². The molecule has 0 atom stereocenters. The molecular weight excluding hydrogens is 402 g/mol. The van der Waals surface area contributed by atoms with Crippen molar-refractivity contribution in [1.82, 2.24) is 9.80 Å². The van der Waals surface area contributed by atoms with E-state index in [0.29, 0.717) is 5.69 Å². The molecule has 1 saturated heterocycles. The average molecular weight is 438 g/mol. The van der Waals surface area contributed by atoms with Crippen molar-refractivity contribution in [2.24, 2.45) is 11.6 Å². The van der Waals surface area contributed by atoms with Gasteiger partial charge in [0.25, 0.3) is 0 Å². The number of nitrogens with one attached hydrogen (secondary N) is 2. The van der Waals surface area contributed by atoms with Gasteiger partial charge in [-0.2, -0.15) is 0 Å². The average Bonchev–Trinajstić information content (AvgIpc) is 2.77. The number of carbonyl (C=O) groups is 1. The zero-order chi connectivity index (χ0) is 22.9. The monoisotopic (exact) mass is 437 g/mol. The summed E-state index contributed by atoms with van der Waals surface area (Å²) < 4.78 is 0. The van der Waals surface area contributed by atoms with Crippen LogP contribution in [-0.2, 0) is 0 Å². The number of hydrazine groups is 1. The molecule has 0 aliphatic carbocycles. The van der Waals surface area contributed by atoms with Gasteiger partial charge in [0.1, 0.15) is 0 Å². The molecule has 2 aromatic carbocycles. The molecule has 0 spiro atoms. The third-order valence-corrected chi connectivity index (χ3v) is 5.66. The summed E-state index contributed by atoms with van der Waals surface area (Å²) in [6.45, 7) is 7.49. The van der Waals surface area contributed by atoms with Crippen LogP contribution in [0.25, 0.3) is 0 Å². The quantitative estimate of drug-likeness (QED) is 0.374. The van der Waals surface area contributed by atoms with Crippen molar-refractivity contribution in [2.45, 2.75) is 19.8 Å². The fourth-order valence-electron chi connectivity index (χ4n) is 3.61. The number of amides is 2. The maximum absolute atomic E-state index is 12.2. The van der Waals surface area contributed by atoms with Gasteiger partial charge >= 0.3 is 6.03 Å². The van der Waals surface area contributed by atoms with Gasteiger partial charge in [-0.1, -0.05) is 18.2 Å². The number of carbonyl (C=O) groups excluding carboxylic acids is 1. The summed E-state index contributed by atoms with van der Waals surface area (Å²) in [5, 5.41) is 7.20. The lowest BCUT2D eigenvalue weighted by molar-refractivity contribution is 0.153. The molecule has 1 aliphatic rings. The molecule has 6 N–H and O–H groups in total. The van der Waals surface area contributed by atoms with E-state index in [0.717, 1.165) is 68.2 Å². The number of hydrogen-bond donors (Lipinski definition) is 4. The second kappa shape index (κ2) is 11.5. The molecule has 0 unspecified atom stereocenters. The van der Waals surface area contributed by atoms with Crippen molar-refractivity contribution in [3.63, 3.8) is 0 Å². The fraction of sp³-hybridized carbons (Fsp3) is 0.375. The molecule has 0 bridgehead atoms. The lowest BCUT2D eigenvalue weighted by Crippen LogP contribution is -2.44. The molecule has 8 nitrogen and oxygen atoms in total. The normalized spacial score (nSPS) is 15.4. The Morgan fingerprint density at radius 3 is 2.44 bits per heavy atom. The molecule has 2 aromatic rings. The summed E-state index contributed by atoms with van der Waals surface area (Å²) in [5.41, 5.74) is 10.2. The summed E-state index contributed by atoms with van der Waals surface area (Å²) in [7, 11) is 2.16. The Bertz CT molecular complexity index is 905. The number of allylic oxidation sites excluding steroid dienone is 1. The second-order valence-corrected chi connectivity index (χ2v) is 8.30. The van der Waals surface area contributed by atoms with Gasteiger partial charge < -0.3 is 26.2 Å². The fourth-order valence-corrected chi connectivity index (χ4v) is 3.61. The van der Waals surface area contributed by atoms with E-state index >= 15 is 0 Å². The minimum atomic E-state index is -0.291. The van der Waals surface area contributed by atoms with Crippen LogP contribution in [0.4, 0.5) is 21.9 Å². The first-order valence-corrected chi connectivity index (χ1v) is 11.1. The van der Waals surface area contributed by atoms with E-state index in [1.807, 2.05) is 55.5 Å². The number of benzene rings is 2. The molecule has 0 saturated carbocycles. The van der Waals surface area contributed by atoms with Crippen LogP contribution in [0.3, 0.4) is 0 Å². The molecular formula is C24H35N7O. The van der Waals surface area contributed by atoms with Crippen LogP contribution in [0, 0.1) is 6.92 Å². The molecule has 32 heavy (non-hydrogen) atoms. The molecule has 8 heteroatoms. The van der Waals surface area contributed by atoms with E-state index in [2.05, 4.69) is 27.5 Å². The maximum atomic E-state index is 12.2. The Balaban J connectivity index is 1.44. The van der Waals surface area contributed by atoms with E-state index in [-0.39, 0.29) is 6.03 Å². The zero-order valence-electron chi connectivity index (χ0n) is 19.1. The van der Waals surface area contributed by atoms with E-state index < -0.39 is 0 Å². The van der Waals surface area contributed by atoms with Crippen molar-refractivity contribution in [3.8, 4) is 0 Å². The first-order valence-electron chi connectivity index (χ1n) is 11.1. The van der Waals surface area contributed by atoms with Crippen molar-refractivity contribution >= 4 is 23.1 Å². The Morgan fingerprint density at radius 1 is 1.06 bits per heavy atom. The highest BCUT2D eigenvalue weighted by Crippen LogP contribution is 2.18. The molecule has 0 aromatic heterocycles. The van der Waals surface area contributed by atoms with Crippen molar-refractivity contribution < 1.29 is 4.79 Å². The second-order valence-electron chi connectivity index (χ2n) is 8.30. The number of aryl methyl sites for hydroxylation is 1. The molecule has 2 amide bonds. The highest BCUT2D eigenvalue weighted by molar-refractivity contribution is 6.00. The molecule has 1 aliphatic heterocycles. The van der Waals surface area contributed by atoms with Crippen molar-refractivity contribution in [3.05, 3.63) is 66.0 Å². The third-order valence-electron chi connectivity index (χ3n) is 5.66. The number of rotatable bonds is 8. The van der Waals surface area contributed by atoms with Gasteiger partial charge in [-0.05, 0) is 69.3 Å². The van der Waals surface area contributed by atoms with Crippen LogP contribution in [0.5, 0.6) is 0 Å². The summed E-state index contributed by atoms with van der Waals surface area (Å²) >= 11 is 0. The van der Waals surface area contributed by atoms with E-state index in [1.165, 1.54) is 5.01 Å².